The van der Waals surface area contributed by atoms with Crippen LogP contribution in [0.1, 0.15) is 23.0 Å². The van der Waals surface area contributed by atoms with Crippen LogP contribution < -0.4 is 19.5 Å². The third kappa shape index (κ3) is 4.63. The minimum absolute atomic E-state index is 0.0242. The molecule has 0 radical (unpaired) electrons. The number of amides is 1. The van der Waals surface area contributed by atoms with Crippen molar-refractivity contribution in [3.05, 3.63) is 82.5 Å². The molecule has 8 heteroatoms. The van der Waals surface area contributed by atoms with E-state index in [9.17, 15) is 9.59 Å². The summed E-state index contributed by atoms with van der Waals surface area (Å²) >= 11 is 3.40. The van der Waals surface area contributed by atoms with Gasteiger partial charge in [0.2, 0.25) is 5.78 Å². The fourth-order valence-electron chi connectivity index (χ4n) is 3.45. The number of carbonyl (C=O) groups excluding carboxylic acids is 2. The van der Waals surface area contributed by atoms with Gasteiger partial charge in [0, 0.05) is 10.9 Å². The van der Waals surface area contributed by atoms with E-state index in [2.05, 4.69) is 21.2 Å². The first-order valence-electron chi connectivity index (χ1n) is 10.4. The van der Waals surface area contributed by atoms with E-state index < -0.39 is 12.0 Å². The number of carbonyl (C=O) groups is 2. The molecule has 7 nitrogen and oxygen atoms in total. The van der Waals surface area contributed by atoms with Crippen LogP contribution in [0.3, 0.4) is 0 Å². The number of nitrogens with one attached hydrogen (secondary N) is 1. The summed E-state index contributed by atoms with van der Waals surface area (Å²) in [6.45, 7) is 1.62. The standard InChI is InChI=1S/C26H22BrNO6/c1-15(33-22-11-7-6-10-21(22)32-3)26(30)28-23-17-8-4-5-9-19(17)34-25(23)24(29)16-12-13-20(31-2)18(27)14-16/h4-15H,1-3H3,(H,28,30). The summed E-state index contributed by atoms with van der Waals surface area (Å²) in [5.74, 6) is 0.740. The highest BCUT2D eigenvalue weighted by atomic mass is 79.9. The van der Waals surface area contributed by atoms with Gasteiger partial charge in [-0.2, -0.15) is 0 Å². The second-order valence-corrected chi connectivity index (χ2v) is 8.24. The Kier molecular flexibility index (Phi) is 6.88. The third-order valence-electron chi connectivity index (χ3n) is 5.21. The minimum atomic E-state index is -0.872. The van der Waals surface area contributed by atoms with Crippen molar-refractivity contribution in [3.63, 3.8) is 0 Å². The van der Waals surface area contributed by atoms with Gasteiger partial charge in [0.15, 0.2) is 23.4 Å². The Balaban J connectivity index is 1.65. The Hall–Kier alpha value is -3.78. The van der Waals surface area contributed by atoms with E-state index in [0.29, 0.717) is 38.3 Å². The van der Waals surface area contributed by atoms with Crippen molar-refractivity contribution in [3.8, 4) is 17.2 Å². The maximum atomic E-state index is 13.4. The highest BCUT2D eigenvalue weighted by Gasteiger charge is 2.26. The van der Waals surface area contributed by atoms with Crippen LogP contribution in [0, 0.1) is 0 Å². The molecule has 1 unspecified atom stereocenters. The number of furan rings is 1. The molecule has 0 spiro atoms. The number of hydrogen-bond donors (Lipinski definition) is 1. The second kappa shape index (κ2) is 10.0. The fraction of sp³-hybridized carbons (Fsp3) is 0.154. The molecular formula is C26H22BrNO6. The number of anilines is 1. The van der Waals surface area contributed by atoms with Gasteiger partial charge in [0.25, 0.3) is 5.91 Å². The summed E-state index contributed by atoms with van der Waals surface area (Å²) in [6.07, 6.45) is -0.872. The SMILES string of the molecule is COc1ccc(C(=O)c2oc3ccccc3c2NC(=O)C(C)Oc2ccccc2OC)cc1Br. The molecular weight excluding hydrogens is 502 g/mol. The van der Waals surface area contributed by atoms with E-state index >= 15 is 0 Å². The molecule has 3 aromatic carbocycles. The zero-order valence-electron chi connectivity index (χ0n) is 18.8. The third-order valence-corrected chi connectivity index (χ3v) is 5.83. The lowest BCUT2D eigenvalue weighted by atomic mass is 10.1. The summed E-state index contributed by atoms with van der Waals surface area (Å²) < 4.78 is 22.8. The molecule has 4 aromatic rings. The fourth-order valence-corrected chi connectivity index (χ4v) is 3.99. The summed E-state index contributed by atoms with van der Waals surface area (Å²) in [4.78, 5) is 26.4. The Morgan fingerprint density at radius 1 is 0.912 bits per heavy atom. The van der Waals surface area contributed by atoms with Crippen molar-refractivity contribution >= 4 is 44.3 Å². The topological polar surface area (TPSA) is 87.0 Å². The predicted molar refractivity (Wildman–Crippen MR) is 132 cm³/mol. The minimum Gasteiger partial charge on any atom is -0.496 e. The van der Waals surface area contributed by atoms with Crippen LogP contribution in [0.5, 0.6) is 17.2 Å². The number of rotatable bonds is 8. The number of methoxy groups -OCH3 is 2. The molecule has 0 aliphatic heterocycles. The van der Waals surface area contributed by atoms with Crippen molar-refractivity contribution in [1.29, 1.82) is 0 Å². The monoisotopic (exact) mass is 523 g/mol. The molecule has 0 saturated carbocycles. The van der Waals surface area contributed by atoms with Gasteiger partial charge in [0.1, 0.15) is 11.3 Å². The average Bonchev–Trinajstić information content (AvgIpc) is 3.22. The van der Waals surface area contributed by atoms with E-state index in [1.807, 2.05) is 6.07 Å². The largest absolute Gasteiger partial charge is 0.496 e. The smallest absolute Gasteiger partial charge is 0.265 e. The number of benzene rings is 3. The van der Waals surface area contributed by atoms with Crippen molar-refractivity contribution in [2.45, 2.75) is 13.0 Å². The van der Waals surface area contributed by atoms with E-state index in [1.54, 1.807) is 74.7 Å². The molecule has 1 N–H and O–H groups in total. The number of hydrogen-bond acceptors (Lipinski definition) is 6. The molecule has 1 aromatic heterocycles. The first-order chi connectivity index (χ1) is 16.4. The van der Waals surface area contributed by atoms with Crippen LogP contribution in [0.25, 0.3) is 11.0 Å². The zero-order valence-corrected chi connectivity index (χ0v) is 20.3. The molecule has 34 heavy (non-hydrogen) atoms. The van der Waals surface area contributed by atoms with Crippen molar-refractivity contribution in [2.75, 3.05) is 19.5 Å². The van der Waals surface area contributed by atoms with E-state index in [0.717, 1.165) is 0 Å². The Morgan fingerprint density at radius 3 is 2.29 bits per heavy atom. The Morgan fingerprint density at radius 2 is 1.59 bits per heavy atom. The normalized spacial score (nSPS) is 11.6. The lowest BCUT2D eigenvalue weighted by Crippen LogP contribution is -2.30. The molecule has 0 aliphatic carbocycles. The summed E-state index contributed by atoms with van der Waals surface area (Å²) in [7, 11) is 3.07. The van der Waals surface area contributed by atoms with Crippen LogP contribution in [0.4, 0.5) is 5.69 Å². The molecule has 0 fully saturated rings. The lowest BCUT2D eigenvalue weighted by molar-refractivity contribution is -0.122. The van der Waals surface area contributed by atoms with Crippen LogP contribution >= 0.6 is 15.9 Å². The van der Waals surface area contributed by atoms with Crippen LogP contribution in [0.2, 0.25) is 0 Å². The molecule has 1 atom stereocenters. The van der Waals surface area contributed by atoms with Crippen molar-refractivity contribution in [1.82, 2.24) is 0 Å². The number of halogens is 1. The Labute approximate surface area is 204 Å². The van der Waals surface area contributed by atoms with Gasteiger partial charge in [-0.25, -0.2) is 0 Å². The molecule has 0 aliphatic rings. The van der Waals surface area contributed by atoms with E-state index in [-0.39, 0.29) is 17.2 Å². The summed E-state index contributed by atoms with van der Waals surface area (Å²) in [5.41, 5.74) is 1.14. The van der Waals surface area contributed by atoms with Gasteiger partial charge in [-0.05, 0) is 65.3 Å². The second-order valence-electron chi connectivity index (χ2n) is 7.38. The van der Waals surface area contributed by atoms with Crippen LogP contribution in [-0.2, 0) is 4.79 Å². The number of ether oxygens (including phenoxy) is 3. The van der Waals surface area contributed by atoms with Crippen LogP contribution in [0.15, 0.2) is 75.6 Å². The predicted octanol–water partition coefficient (Wildman–Crippen LogP) is 5.85. The van der Waals surface area contributed by atoms with Crippen molar-refractivity contribution < 1.29 is 28.2 Å². The molecule has 174 valence electrons. The number of para-hydroxylation sites is 3. The zero-order chi connectivity index (χ0) is 24.2. The number of fused-ring (bicyclic) bond motifs is 1. The molecule has 0 bridgehead atoms. The molecule has 1 heterocycles. The highest BCUT2D eigenvalue weighted by molar-refractivity contribution is 9.10. The van der Waals surface area contributed by atoms with E-state index in [4.69, 9.17) is 18.6 Å². The summed E-state index contributed by atoms with van der Waals surface area (Å²) in [5, 5.41) is 3.43. The van der Waals surface area contributed by atoms with Gasteiger partial charge >= 0.3 is 0 Å². The van der Waals surface area contributed by atoms with Crippen molar-refractivity contribution in [2.24, 2.45) is 0 Å². The van der Waals surface area contributed by atoms with Gasteiger partial charge in [0.05, 0.1) is 24.4 Å². The van der Waals surface area contributed by atoms with Gasteiger partial charge in [-0.3, -0.25) is 9.59 Å². The average molecular weight is 524 g/mol. The summed E-state index contributed by atoms with van der Waals surface area (Å²) in [6, 6.07) is 19.1. The lowest BCUT2D eigenvalue weighted by Gasteiger charge is -2.16. The van der Waals surface area contributed by atoms with E-state index in [1.165, 1.54) is 7.11 Å². The van der Waals surface area contributed by atoms with Gasteiger partial charge < -0.3 is 23.9 Å². The quantitative estimate of drug-likeness (QED) is 0.291. The van der Waals surface area contributed by atoms with Gasteiger partial charge in [-0.15, -0.1) is 0 Å². The highest BCUT2D eigenvalue weighted by Crippen LogP contribution is 2.34. The Bertz CT molecular complexity index is 1360. The first kappa shape index (κ1) is 23.4. The molecule has 0 saturated heterocycles. The maximum absolute atomic E-state index is 13.4. The molecule has 4 rings (SSSR count). The van der Waals surface area contributed by atoms with Crippen LogP contribution in [-0.4, -0.2) is 32.0 Å². The first-order valence-corrected chi connectivity index (χ1v) is 11.2. The maximum Gasteiger partial charge on any atom is 0.265 e. The van der Waals surface area contributed by atoms with Gasteiger partial charge in [-0.1, -0.05) is 24.3 Å². The molecule has 1 amide bonds. The number of ketones is 1.